The summed E-state index contributed by atoms with van der Waals surface area (Å²) >= 11 is 6.82. The van der Waals surface area contributed by atoms with Gasteiger partial charge in [0.15, 0.2) is 5.58 Å². The number of hydrogen-bond donors (Lipinski definition) is 1. The number of rotatable bonds is 5. The Morgan fingerprint density at radius 1 is 1.26 bits per heavy atom. The van der Waals surface area contributed by atoms with E-state index >= 15 is 0 Å². The van der Waals surface area contributed by atoms with Crippen molar-refractivity contribution in [2.75, 3.05) is 12.4 Å². The van der Waals surface area contributed by atoms with Gasteiger partial charge in [-0.15, -0.1) is 22.9 Å². The highest BCUT2D eigenvalue weighted by Crippen LogP contribution is 2.28. The van der Waals surface area contributed by atoms with Gasteiger partial charge >= 0.3 is 0 Å². The number of benzene rings is 1. The van der Waals surface area contributed by atoms with Crippen LogP contribution in [0.2, 0.25) is 0 Å². The van der Waals surface area contributed by atoms with Gasteiger partial charge in [-0.3, -0.25) is 9.59 Å². The van der Waals surface area contributed by atoms with Gasteiger partial charge in [-0.2, -0.15) is 0 Å². The highest BCUT2D eigenvalue weighted by atomic mass is 35.5. The molecular formula is C17H14ClNO3S. The van der Waals surface area contributed by atoms with Crippen molar-refractivity contribution in [3.8, 4) is 11.3 Å². The number of amides is 1. The topological polar surface area (TPSA) is 59.3 Å². The fourth-order valence-electron chi connectivity index (χ4n) is 2.21. The molecule has 0 atom stereocenters. The first-order valence-corrected chi connectivity index (χ1v) is 8.57. The van der Waals surface area contributed by atoms with Gasteiger partial charge in [0, 0.05) is 29.4 Å². The second-order valence-electron chi connectivity index (χ2n) is 4.95. The number of thiophene rings is 1. The number of carbonyl (C=O) groups excluding carboxylic acids is 1. The van der Waals surface area contributed by atoms with Crippen LogP contribution in [0.25, 0.3) is 21.6 Å². The predicted octanol–water partition coefficient (Wildman–Crippen LogP) is 3.88. The molecule has 0 radical (unpaired) electrons. The van der Waals surface area contributed by atoms with E-state index in [1.54, 1.807) is 5.38 Å². The molecule has 0 aliphatic heterocycles. The lowest BCUT2D eigenvalue weighted by molar-refractivity contribution is 0.0955. The van der Waals surface area contributed by atoms with Crippen LogP contribution in [0.3, 0.4) is 0 Å². The Kier molecular flexibility index (Phi) is 4.79. The summed E-state index contributed by atoms with van der Waals surface area (Å²) in [5, 5.41) is 4.43. The van der Waals surface area contributed by atoms with Crippen molar-refractivity contribution in [1.29, 1.82) is 0 Å². The SMILES string of the molecule is O=C(NCCCCl)c1csc2c(=O)cc(-c3ccccc3)oc12. The summed E-state index contributed by atoms with van der Waals surface area (Å²) in [7, 11) is 0. The van der Waals surface area contributed by atoms with E-state index in [9.17, 15) is 9.59 Å². The van der Waals surface area contributed by atoms with Gasteiger partial charge in [-0.1, -0.05) is 30.3 Å². The molecule has 2 heterocycles. The molecule has 4 nitrogen and oxygen atoms in total. The molecule has 0 fully saturated rings. The molecule has 0 saturated carbocycles. The Hall–Kier alpha value is -2.11. The molecule has 0 saturated heterocycles. The molecular weight excluding hydrogens is 334 g/mol. The first-order valence-electron chi connectivity index (χ1n) is 7.15. The average molecular weight is 348 g/mol. The van der Waals surface area contributed by atoms with Crippen molar-refractivity contribution in [1.82, 2.24) is 5.32 Å². The highest BCUT2D eigenvalue weighted by Gasteiger charge is 2.17. The van der Waals surface area contributed by atoms with E-state index in [2.05, 4.69) is 5.32 Å². The summed E-state index contributed by atoms with van der Waals surface area (Å²) in [6.07, 6.45) is 0.689. The molecule has 2 aromatic heterocycles. The normalized spacial score (nSPS) is 10.8. The third kappa shape index (κ3) is 3.30. The Morgan fingerprint density at radius 3 is 2.78 bits per heavy atom. The van der Waals surface area contributed by atoms with E-state index < -0.39 is 0 Å². The van der Waals surface area contributed by atoms with Crippen LogP contribution >= 0.6 is 22.9 Å². The van der Waals surface area contributed by atoms with Crippen molar-refractivity contribution in [2.24, 2.45) is 0 Å². The van der Waals surface area contributed by atoms with Crippen molar-refractivity contribution in [3.05, 3.63) is 57.6 Å². The molecule has 0 spiro atoms. The Balaban J connectivity index is 2.03. The van der Waals surface area contributed by atoms with Gasteiger partial charge in [0.25, 0.3) is 5.91 Å². The summed E-state index contributed by atoms with van der Waals surface area (Å²) in [5.74, 6) is 0.684. The average Bonchev–Trinajstić information content (AvgIpc) is 3.00. The summed E-state index contributed by atoms with van der Waals surface area (Å²) in [5.41, 5.74) is 1.38. The zero-order valence-electron chi connectivity index (χ0n) is 12.2. The Morgan fingerprint density at radius 2 is 2.04 bits per heavy atom. The van der Waals surface area contributed by atoms with Crippen LogP contribution in [-0.2, 0) is 0 Å². The standard InChI is InChI=1S/C17H14ClNO3S/c18-7-4-8-19-17(21)12-10-23-16-13(20)9-14(22-15(12)16)11-5-2-1-3-6-11/h1-3,5-6,9-10H,4,7-8H2,(H,19,21). The van der Waals surface area contributed by atoms with Crippen LogP contribution < -0.4 is 10.7 Å². The Labute approximate surface area is 141 Å². The van der Waals surface area contributed by atoms with Crippen LogP contribution in [0.15, 0.2) is 51.0 Å². The van der Waals surface area contributed by atoms with Crippen LogP contribution in [0.5, 0.6) is 0 Å². The summed E-state index contributed by atoms with van der Waals surface area (Å²) in [6.45, 7) is 0.488. The number of halogens is 1. The first kappa shape index (κ1) is 15.8. The van der Waals surface area contributed by atoms with Gasteiger partial charge in [0.2, 0.25) is 5.43 Å². The van der Waals surface area contributed by atoms with Crippen LogP contribution in [0, 0.1) is 0 Å². The molecule has 0 unspecified atom stereocenters. The molecule has 1 amide bonds. The summed E-state index contributed by atoms with van der Waals surface area (Å²) in [6, 6.07) is 10.8. The smallest absolute Gasteiger partial charge is 0.255 e. The molecule has 0 bridgehead atoms. The monoisotopic (exact) mass is 347 g/mol. The van der Waals surface area contributed by atoms with Gasteiger partial charge in [0.05, 0.1) is 5.56 Å². The summed E-state index contributed by atoms with van der Waals surface area (Å²) < 4.78 is 6.30. The molecule has 0 aliphatic rings. The number of hydrogen-bond acceptors (Lipinski definition) is 4. The lowest BCUT2D eigenvalue weighted by atomic mass is 10.1. The van der Waals surface area contributed by atoms with E-state index in [1.807, 2.05) is 30.3 Å². The second kappa shape index (κ2) is 6.98. The number of fused-ring (bicyclic) bond motifs is 1. The minimum absolute atomic E-state index is 0.144. The van der Waals surface area contributed by atoms with Crippen molar-refractivity contribution >= 4 is 39.1 Å². The van der Waals surface area contributed by atoms with E-state index in [0.717, 1.165) is 5.56 Å². The lowest BCUT2D eigenvalue weighted by Crippen LogP contribution is -2.24. The maximum atomic E-state index is 12.3. The minimum Gasteiger partial charge on any atom is -0.454 e. The van der Waals surface area contributed by atoms with Crippen molar-refractivity contribution < 1.29 is 9.21 Å². The molecule has 3 aromatic rings. The molecule has 1 aromatic carbocycles. The van der Waals surface area contributed by atoms with Gasteiger partial charge in [-0.05, 0) is 6.42 Å². The fourth-order valence-corrected chi connectivity index (χ4v) is 3.22. The zero-order chi connectivity index (χ0) is 16.2. The summed E-state index contributed by atoms with van der Waals surface area (Å²) in [4.78, 5) is 24.5. The minimum atomic E-state index is -0.255. The molecule has 118 valence electrons. The number of nitrogens with one attached hydrogen (secondary N) is 1. The highest BCUT2D eigenvalue weighted by molar-refractivity contribution is 7.17. The molecule has 3 rings (SSSR count). The molecule has 1 N–H and O–H groups in total. The third-order valence-electron chi connectivity index (χ3n) is 3.34. The van der Waals surface area contributed by atoms with E-state index in [4.69, 9.17) is 16.0 Å². The largest absolute Gasteiger partial charge is 0.454 e. The van der Waals surface area contributed by atoms with Crippen LogP contribution in [0.1, 0.15) is 16.8 Å². The van der Waals surface area contributed by atoms with Gasteiger partial charge < -0.3 is 9.73 Å². The lowest BCUT2D eigenvalue weighted by Gasteiger charge is -2.04. The van der Waals surface area contributed by atoms with Gasteiger partial charge in [0.1, 0.15) is 10.5 Å². The quantitative estimate of drug-likeness (QED) is 0.563. The van der Waals surface area contributed by atoms with E-state index in [1.165, 1.54) is 17.4 Å². The maximum Gasteiger partial charge on any atom is 0.255 e. The number of alkyl halides is 1. The van der Waals surface area contributed by atoms with E-state index in [0.29, 0.717) is 40.5 Å². The van der Waals surface area contributed by atoms with E-state index in [-0.39, 0.29) is 11.3 Å². The number of carbonyl (C=O) groups is 1. The van der Waals surface area contributed by atoms with Crippen molar-refractivity contribution in [2.45, 2.75) is 6.42 Å². The third-order valence-corrected chi connectivity index (χ3v) is 4.59. The second-order valence-corrected chi connectivity index (χ2v) is 6.20. The first-order chi connectivity index (χ1) is 11.2. The van der Waals surface area contributed by atoms with Crippen molar-refractivity contribution in [3.63, 3.8) is 0 Å². The molecule has 6 heteroatoms. The molecule has 0 aliphatic carbocycles. The maximum absolute atomic E-state index is 12.3. The van der Waals surface area contributed by atoms with Crippen LogP contribution in [-0.4, -0.2) is 18.3 Å². The van der Waals surface area contributed by atoms with Gasteiger partial charge in [-0.25, -0.2) is 0 Å². The zero-order valence-corrected chi connectivity index (χ0v) is 13.7. The van der Waals surface area contributed by atoms with Crippen LogP contribution in [0.4, 0.5) is 0 Å². The fraction of sp³-hybridized carbons (Fsp3) is 0.176. The molecule has 23 heavy (non-hydrogen) atoms. The Bertz CT molecular complexity index is 886. The predicted molar refractivity (Wildman–Crippen MR) is 93.5 cm³/mol.